The van der Waals surface area contributed by atoms with Crippen LogP contribution in [-0.4, -0.2) is 17.5 Å². The third kappa shape index (κ3) is 2.84. The molecule has 4 nitrogen and oxygen atoms in total. The van der Waals surface area contributed by atoms with E-state index in [2.05, 4.69) is 5.32 Å². The van der Waals surface area contributed by atoms with E-state index in [0.717, 1.165) is 22.4 Å². The Kier molecular flexibility index (Phi) is 3.68. The first-order chi connectivity index (χ1) is 10.9. The van der Waals surface area contributed by atoms with Gasteiger partial charge in [-0.25, -0.2) is 4.79 Å². The lowest BCUT2D eigenvalue weighted by molar-refractivity contribution is -0.134. The van der Waals surface area contributed by atoms with Crippen LogP contribution in [0.2, 0.25) is 0 Å². The zero-order valence-electron chi connectivity index (χ0n) is 13.5. The van der Waals surface area contributed by atoms with Gasteiger partial charge in [-0.3, -0.25) is 4.79 Å². The molecule has 1 aliphatic rings. The van der Waals surface area contributed by atoms with Gasteiger partial charge >= 0.3 is 5.97 Å². The normalized spacial score (nSPS) is 19.7. The number of carbonyl (C=O) groups excluding carboxylic acids is 2. The number of rotatable bonds is 2. The summed E-state index contributed by atoms with van der Waals surface area (Å²) >= 11 is 0. The fourth-order valence-corrected chi connectivity index (χ4v) is 2.87. The van der Waals surface area contributed by atoms with Crippen molar-refractivity contribution < 1.29 is 14.3 Å². The largest absolute Gasteiger partial charge is 0.445 e. The van der Waals surface area contributed by atoms with E-state index in [0.29, 0.717) is 12.0 Å². The van der Waals surface area contributed by atoms with E-state index in [9.17, 15) is 9.59 Å². The first-order valence-corrected chi connectivity index (χ1v) is 7.59. The molecule has 23 heavy (non-hydrogen) atoms. The zero-order valence-corrected chi connectivity index (χ0v) is 13.5. The second kappa shape index (κ2) is 5.54. The number of hydrogen-bond acceptors (Lipinski definition) is 3. The van der Waals surface area contributed by atoms with Crippen molar-refractivity contribution in [2.75, 3.05) is 5.32 Å². The van der Waals surface area contributed by atoms with Gasteiger partial charge in [0.2, 0.25) is 0 Å². The number of carbonyl (C=O) groups is 2. The minimum atomic E-state index is -1.21. The summed E-state index contributed by atoms with van der Waals surface area (Å²) in [5.74, 6) is -0.766. The van der Waals surface area contributed by atoms with Crippen molar-refractivity contribution in [3.05, 3.63) is 64.7 Å². The molecule has 2 aromatic carbocycles. The third-order valence-electron chi connectivity index (χ3n) is 4.19. The SMILES string of the molecule is Cc1ccc(NC(=O)[C@]2(C)Cc3ccccc3C(=O)O2)c(C)c1. The molecule has 0 saturated carbocycles. The number of anilines is 1. The summed E-state index contributed by atoms with van der Waals surface area (Å²) in [7, 11) is 0. The molecule has 2 aromatic rings. The Labute approximate surface area is 135 Å². The van der Waals surface area contributed by atoms with Crippen molar-refractivity contribution >= 4 is 17.6 Å². The quantitative estimate of drug-likeness (QED) is 0.865. The Bertz CT molecular complexity index is 797. The average Bonchev–Trinajstić information content (AvgIpc) is 2.50. The van der Waals surface area contributed by atoms with Gasteiger partial charge in [0.15, 0.2) is 5.60 Å². The van der Waals surface area contributed by atoms with Crippen LogP contribution in [0.3, 0.4) is 0 Å². The van der Waals surface area contributed by atoms with Gasteiger partial charge in [0.25, 0.3) is 5.91 Å². The molecule has 118 valence electrons. The van der Waals surface area contributed by atoms with Gasteiger partial charge in [0.1, 0.15) is 0 Å². The van der Waals surface area contributed by atoms with Crippen molar-refractivity contribution in [1.29, 1.82) is 0 Å². The van der Waals surface area contributed by atoms with Gasteiger partial charge in [0, 0.05) is 12.1 Å². The van der Waals surface area contributed by atoms with Crippen LogP contribution in [-0.2, 0) is 16.0 Å². The number of fused-ring (bicyclic) bond motifs is 1. The predicted molar refractivity (Wildman–Crippen MR) is 88.5 cm³/mol. The van der Waals surface area contributed by atoms with Gasteiger partial charge < -0.3 is 10.1 Å². The smallest absolute Gasteiger partial charge is 0.339 e. The van der Waals surface area contributed by atoms with E-state index < -0.39 is 11.6 Å². The van der Waals surface area contributed by atoms with Crippen LogP contribution < -0.4 is 5.32 Å². The first kappa shape index (κ1) is 15.3. The van der Waals surface area contributed by atoms with E-state index in [4.69, 9.17) is 4.74 Å². The van der Waals surface area contributed by atoms with Crippen molar-refractivity contribution in [1.82, 2.24) is 0 Å². The number of benzene rings is 2. The zero-order chi connectivity index (χ0) is 16.6. The fraction of sp³-hybridized carbons (Fsp3) is 0.263. The molecule has 0 saturated heterocycles. The lowest BCUT2D eigenvalue weighted by Gasteiger charge is -2.33. The highest BCUT2D eigenvalue weighted by Gasteiger charge is 2.42. The lowest BCUT2D eigenvalue weighted by Crippen LogP contribution is -2.49. The second-order valence-corrected chi connectivity index (χ2v) is 6.23. The number of nitrogens with one attached hydrogen (secondary N) is 1. The van der Waals surface area contributed by atoms with Crippen LogP contribution in [0.4, 0.5) is 5.69 Å². The summed E-state index contributed by atoms with van der Waals surface area (Å²) in [6.07, 6.45) is 0.367. The van der Waals surface area contributed by atoms with Gasteiger partial charge in [-0.1, -0.05) is 35.9 Å². The average molecular weight is 309 g/mol. The molecule has 1 N–H and O–H groups in total. The van der Waals surface area contributed by atoms with Gasteiger partial charge in [-0.15, -0.1) is 0 Å². The predicted octanol–water partition coefficient (Wildman–Crippen LogP) is 3.41. The maximum absolute atomic E-state index is 12.7. The number of aryl methyl sites for hydroxylation is 2. The molecule has 0 aliphatic carbocycles. The number of ether oxygens (including phenoxy) is 1. The maximum Gasteiger partial charge on any atom is 0.339 e. The third-order valence-corrected chi connectivity index (χ3v) is 4.19. The Morgan fingerprint density at radius 3 is 2.65 bits per heavy atom. The fourth-order valence-electron chi connectivity index (χ4n) is 2.87. The van der Waals surface area contributed by atoms with E-state index in [1.165, 1.54) is 0 Å². The molecule has 0 spiro atoms. The number of esters is 1. The highest BCUT2D eigenvalue weighted by molar-refractivity contribution is 6.02. The van der Waals surface area contributed by atoms with E-state index in [-0.39, 0.29) is 5.91 Å². The number of amides is 1. The molecular weight excluding hydrogens is 290 g/mol. The summed E-state index contributed by atoms with van der Waals surface area (Å²) in [5, 5.41) is 2.88. The molecule has 0 unspecified atom stereocenters. The molecule has 0 fully saturated rings. The van der Waals surface area contributed by atoms with Crippen LogP contribution in [0.1, 0.15) is 34.0 Å². The molecule has 1 atom stereocenters. The second-order valence-electron chi connectivity index (χ2n) is 6.23. The van der Waals surface area contributed by atoms with Crippen molar-refractivity contribution in [3.8, 4) is 0 Å². The molecule has 0 bridgehead atoms. The first-order valence-electron chi connectivity index (χ1n) is 7.59. The molecule has 4 heteroatoms. The Morgan fingerprint density at radius 2 is 1.91 bits per heavy atom. The molecule has 0 aromatic heterocycles. The van der Waals surface area contributed by atoms with E-state index >= 15 is 0 Å². The summed E-state index contributed by atoms with van der Waals surface area (Å²) < 4.78 is 5.45. The highest BCUT2D eigenvalue weighted by atomic mass is 16.6. The lowest BCUT2D eigenvalue weighted by atomic mass is 9.89. The summed E-state index contributed by atoms with van der Waals surface area (Å²) in [4.78, 5) is 24.9. The summed E-state index contributed by atoms with van der Waals surface area (Å²) in [6.45, 7) is 5.59. The maximum atomic E-state index is 12.7. The number of hydrogen-bond donors (Lipinski definition) is 1. The van der Waals surface area contributed by atoms with Crippen LogP contribution in [0.15, 0.2) is 42.5 Å². The standard InChI is InChI=1S/C19H19NO3/c1-12-8-9-16(13(2)10-12)20-18(22)19(3)11-14-6-4-5-7-15(14)17(21)23-19/h4-10H,11H2,1-3H3,(H,20,22)/t19-/m0/s1. The molecule has 1 amide bonds. The Balaban J connectivity index is 1.86. The summed E-state index contributed by atoms with van der Waals surface area (Å²) in [5.41, 5.74) is 3.00. The van der Waals surface area contributed by atoms with E-state index in [1.54, 1.807) is 19.1 Å². The minimum absolute atomic E-state index is 0.313. The Morgan fingerprint density at radius 1 is 1.17 bits per heavy atom. The van der Waals surface area contributed by atoms with Gasteiger partial charge in [-0.2, -0.15) is 0 Å². The number of cyclic esters (lactones) is 1. The van der Waals surface area contributed by atoms with Crippen molar-refractivity contribution in [2.24, 2.45) is 0 Å². The monoisotopic (exact) mass is 309 g/mol. The Hall–Kier alpha value is -2.62. The summed E-state index contributed by atoms with van der Waals surface area (Å²) in [6, 6.07) is 13.0. The van der Waals surface area contributed by atoms with Crippen LogP contribution in [0.5, 0.6) is 0 Å². The van der Waals surface area contributed by atoms with E-state index in [1.807, 2.05) is 44.2 Å². The molecule has 0 radical (unpaired) electrons. The minimum Gasteiger partial charge on any atom is -0.445 e. The van der Waals surface area contributed by atoms with Crippen molar-refractivity contribution in [3.63, 3.8) is 0 Å². The van der Waals surface area contributed by atoms with Crippen LogP contribution in [0.25, 0.3) is 0 Å². The van der Waals surface area contributed by atoms with Gasteiger partial charge in [0.05, 0.1) is 5.56 Å². The molecular formula is C19H19NO3. The molecule has 1 heterocycles. The topological polar surface area (TPSA) is 55.4 Å². The molecule has 1 aliphatic heterocycles. The van der Waals surface area contributed by atoms with Crippen molar-refractivity contribution in [2.45, 2.75) is 32.8 Å². The van der Waals surface area contributed by atoms with Crippen LogP contribution >= 0.6 is 0 Å². The van der Waals surface area contributed by atoms with Crippen LogP contribution in [0, 0.1) is 13.8 Å². The van der Waals surface area contributed by atoms with Gasteiger partial charge in [-0.05, 0) is 44.0 Å². The highest BCUT2D eigenvalue weighted by Crippen LogP contribution is 2.29. The molecule has 3 rings (SSSR count).